The summed E-state index contributed by atoms with van der Waals surface area (Å²) < 4.78 is 0. The van der Waals surface area contributed by atoms with Crippen LogP contribution in [0.3, 0.4) is 0 Å². The van der Waals surface area contributed by atoms with Gasteiger partial charge >= 0.3 is 0 Å². The molecule has 0 aliphatic heterocycles. The number of anilines is 3. The van der Waals surface area contributed by atoms with Crippen LogP contribution in [0.4, 0.5) is 17.1 Å². The molecular weight excluding hydrogens is 472 g/mol. The Bertz CT molecular complexity index is 1350. The number of hydrogen-bond acceptors (Lipinski definition) is 5. The molecule has 0 aliphatic rings. The van der Waals surface area contributed by atoms with Crippen molar-refractivity contribution in [3.8, 4) is 10.4 Å². The summed E-state index contributed by atoms with van der Waals surface area (Å²) in [6.07, 6.45) is 0. The van der Waals surface area contributed by atoms with Gasteiger partial charge in [-0.1, -0.05) is 42.5 Å². The molecule has 0 saturated heterocycles. The molecule has 3 aromatic carbocycles. The van der Waals surface area contributed by atoms with E-state index in [9.17, 15) is 14.4 Å². The van der Waals surface area contributed by atoms with Crippen molar-refractivity contribution < 1.29 is 14.4 Å². The molecule has 0 aliphatic carbocycles. The molecule has 0 saturated carbocycles. The number of nitrogen functional groups attached to an aromatic ring is 1. The first kappa shape index (κ1) is 24.7. The Labute approximate surface area is 213 Å². The zero-order valence-electron chi connectivity index (χ0n) is 19.7. The summed E-state index contributed by atoms with van der Waals surface area (Å²) in [7, 11) is 0. The number of hydrogen-bond donors (Lipinski definition) is 4. The zero-order valence-corrected chi connectivity index (χ0v) is 20.5. The van der Waals surface area contributed by atoms with Crippen molar-refractivity contribution in [2.24, 2.45) is 0 Å². The van der Waals surface area contributed by atoms with Gasteiger partial charge in [-0.25, -0.2) is 0 Å². The summed E-state index contributed by atoms with van der Waals surface area (Å²) in [5.41, 5.74) is 9.46. The topological polar surface area (TPSA) is 113 Å². The van der Waals surface area contributed by atoms with Crippen LogP contribution in [-0.2, 0) is 9.59 Å². The summed E-state index contributed by atoms with van der Waals surface area (Å²) in [6.45, 7) is 2.18. The van der Waals surface area contributed by atoms with Crippen molar-refractivity contribution in [2.45, 2.75) is 12.8 Å². The third-order valence-corrected chi connectivity index (χ3v) is 6.45. The number of thiophene rings is 1. The maximum atomic E-state index is 13.0. The summed E-state index contributed by atoms with van der Waals surface area (Å²) >= 11 is 1.60. The predicted octanol–water partition coefficient (Wildman–Crippen LogP) is 5.11. The molecule has 0 fully saturated rings. The SMILES string of the molecule is CCNC(=O)C(C(=O)Nc1ccccc1)c1ccc(C(=O)Nc2cc(-c3cccs3)ccc2N)cc1. The molecule has 0 bridgehead atoms. The molecule has 0 radical (unpaired) electrons. The first-order chi connectivity index (χ1) is 17.5. The maximum Gasteiger partial charge on any atom is 0.255 e. The second-order valence-electron chi connectivity index (χ2n) is 8.04. The lowest BCUT2D eigenvalue weighted by atomic mass is 9.95. The van der Waals surface area contributed by atoms with Crippen LogP contribution in [-0.4, -0.2) is 24.3 Å². The number of nitrogens with one attached hydrogen (secondary N) is 3. The number of amides is 3. The molecule has 8 heteroatoms. The minimum Gasteiger partial charge on any atom is -0.397 e. The average molecular weight is 499 g/mol. The fourth-order valence-electron chi connectivity index (χ4n) is 3.72. The van der Waals surface area contributed by atoms with Crippen LogP contribution in [0, 0.1) is 0 Å². The highest BCUT2D eigenvalue weighted by Crippen LogP contribution is 2.30. The van der Waals surface area contributed by atoms with Crippen molar-refractivity contribution >= 4 is 46.1 Å². The van der Waals surface area contributed by atoms with Gasteiger partial charge in [-0.3, -0.25) is 14.4 Å². The fraction of sp³-hybridized carbons (Fsp3) is 0.107. The highest BCUT2D eigenvalue weighted by atomic mass is 32.1. The number of rotatable bonds is 8. The predicted molar refractivity (Wildman–Crippen MR) is 145 cm³/mol. The molecule has 0 spiro atoms. The summed E-state index contributed by atoms with van der Waals surface area (Å²) in [5, 5.41) is 10.3. The molecule has 1 heterocycles. The van der Waals surface area contributed by atoms with Crippen LogP contribution in [0.15, 0.2) is 90.3 Å². The van der Waals surface area contributed by atoms with E-state index in [4.69, 9.17) is 5.73 Å². The van der Waals surface area contributed by atoms with Crippen molar-refractivity contribution in [3.63, 3.8) is 0 Å². The molecule has 36 heavy (non-hydrogen) atoms. The van der Waals surface area contributed by atoms with Crippen molar-refractivity contribution in [1.82, 2.24) is 5.32 Å². The Hall–Kier alpha value is -4.43. The van der Waals surface area contributed by atoms with Gasteiger partial charge in [-0.2, -0.15) is 0 Å². The monoisotopic (exact) mass is 498 g/mol. The molecule has 4 aromatic rings. The lowest BCUT2D eigenvalue weighted by molar-refractivity contribution is -0.129. The van der Waals surface area contributed by atoms with Crippen LogP contribution in [0.5, 0.6) is 0 Å². The van der Waals surface area contributed by atoms with E-state index in [0.717, 1.165) is 10.4 Å². The number of benzene rings is 3. The first-order valence-electron chi connectivity index (χ1n) is 11.4. The molecule has 5 N–H and O–H groups in total. The Morgan fingerprint density at radius 3 is 2.28 bits per heavy atom. The van der Waals surface area contributed by atoms with Crippen molar-refractivity contribution in [3.05, 3.63) is 101 Å². The Kier molecular flexibility index (Phi) is 7.77. The van der Waals surface area contributed by atoms with Gasteiger partial charge in [-0.15, -0.1) is 11.3 Å². The van der Waals surface area contributed by atoms with E-state index in [1.165, 1.54) is 0 Å². The average Bonchev–Trinajstić information content (AvgIpc) is 3.42. The van der Waals surface area contributed by atoms with Gasteiger partial charge in [0.25, 0.3) is 5.91 Å². The third-order valence-electron chi connectivity index (χ3n) is 5.53. The molecule has 1 atom stereocenters. The lowest BCUT2D eigenvalue weighted by Crippen LogP contribution is -2.36. The molecule has 1 unspecified atom stereocenters. The Balaban J connectivity index is 1.53. The van der Waals surface area contributed by atoms with Crippen LogP contribution >= 0.6 is 11.3 Å². The number of likely N-dealkylation sites (N-methyl/N-ethyl adjacent to an activating group) is 1. The van der Waals surface area contributed by atoms with E-state index in [0.29, 0.717) is 34.7 Å². The molecule has 7 nitrogen and oxygen atoms in total. The fourth-order valence-corrected chi connectivity index (χ4v) is 4.44. The largest absolute Gasteiger partial charge is 0.397 e. The van der Waals surface area contributed by atoms with E-state index in [1.54, 1.807) is 72.9 Å². The molecule has 3 amide bonds. The minimum absolute atomic E-state index is 0.347. The van der Waals surface area contributed by atoms with Crippen LogP contribution < -0.4 is 21.7 Å². The van der Waals surface area contributed by atoms with E-state index in [2.05, 4.69) is 16.0 Å². The molecular formula is C28H26N4O3S. The van der Waals surface area contributed by atoms with Gasteiger partial charge in [0.05, 0.1) is 11.4 Å². The van der Waals surface area contributed by atoms with Gasteiger partial charge in [0.2, 0.25) is 11.8 Å². The molecule has 4 rings (SSSR count). The summed E-state index contributed by atoms with van der Waals surface area (Å²) in [6, 6.07) is 24.8. The van der Waals surface area contributed by atoms with Crippen molar-refractivity contribution in [2.75, 3.05) is 22.9 Å². The second kappa shape index (κ2) is 11.3. The van der Waals surface area contributed by atoms with Crippen LogP contribution in [0.2, 0.25) is 0 Å². The van der Waals surface area contributed by atoms with Crippen LogP contribution in [0.25, 0.3) is 10.4 Å². The van der Waals surface area contributed by atoms with Gasteiger partial charge < -0.3 is 21.7 Å². The highest BCUT2D eigenvalue weighted by molar-refractivity contribution is 7.13. The zero-order chi connectivity index (χ0) is 25.5. The minimum atomic E-state index is -1.07. The van der Waals surface area contributed by atoms with Gasteiger partial charge in [0, 0.05) is 22.7 Å². The summed E-state index contributed by atoms with van der Waals surface area (Å²) in [4.78, 5) is 39.7. The standard InChI is InChI=1S/C28H26N4O3S/c1-2-30-27(34)25(28(35)31-21-7-4-3-5-8-21)18-10-12-19(13-11-18)26(33)32-23-17-20(14-15-22(23)29)24-9-6-16-36-24/h3-17,25H,2,29H2,1H3,(H,30,34)(H,31,35)(H,32,33). The number of carbonyl (C=O) groups is 3. The number of para-hydroxylation sites is 1. The van der Waals surface area contributed by atoms with E-state index < -0.39 is 17.7 Å². The Morgan fingerprint density at radius 2 is 1.61 bits per heavy atom. The first-order valence-corrected chi connectivity index (χ1v) is 12.3. The van der Waals surface area contributed by atoms with E-state index in [1.807, 2.05) is 35.7 Å². The highest BCUT2D eigenvalue weighted by Gasteiger charge is 2.28. The quantitative estimate of drug-likeness (QED) is 0.200. The van der Waals surface area contributed by atoms with Gasteiger partial charge in [0.1, 0.15) is 5.92 Å². The third kappa shape index (κ3) is 5.79. The molecule has 182 valence electrons. The number of carbonyl (C=O) groups excluding carboxylic acids is 3. The van der Waals surface area contributed by atoms with Crippen molar-refractivity contribution in [1.29, 1.82) is 0 Å². The van der Waals surface area contributed by atoms with Gasteiger partial charge in [-0.05, 0) is 65.9 Å². The summed E-state index contributed by atoms with van der Waals surface area (Å²) in [5.74, 6) is -2.29. The van der Waals surface area contributed by atoms with Crippen LogP contribution in [0.1, 0.15) is 28.8 Å². The Morgan fingerprint density at radius 1 is 0.861 bits per heavy atom. The van der Waals surface area contributed by atoms with Gasteiger partial charge in [0.15, 0.2) is 0 Å². The normalized spacial score (nSPS) is 11.4. The smallest absolute Gasteiger partial charge is 0.255 e. The molecule has 1 aromatic heterocycles. The maximum absolute atomic E-state index is 13.0. The van der Waals surface area contributed by atoms with E-state index in [-0.39, 0.29) is 5.91 Å². The lowest BCUT2D eigenvalue weighted by Gasteiger charge is -2.17. The number of nitrogens with two attached hydrogens (primary N) is 1. The second-order valence-corrected chi connectivity index (χ2v) is 8.99. The van der Waals surface area contributed by atoms with E-state index >= 15 is 0 Å².